The number of amides is 2. The summed E-state index contributed by atoms with van der Waals surface area (Å²) in [7, 11) is 0. The summed E-state index contributed by atoms with van der Waals surface area (Å²) < 4.78 is 0. The van der Waals surface area contributed by atoms with E-state index >= 15 is 0 Å². The molecule has 2 fully saturated rings. The van der Waals surface area contributed by atoms with E-state index in [1.54, 1.807) is 18.2 Å². The minimum Gasteiger partial charge on any atom is -0.370 e. The Morgan fingerprint density at radius 3 is 2.40 bits per heavy atom. The summed E-state index contributed by atoms with van der Waals surface area (Å²) in [6, 6.07) is 12.1. The molecule has 7 heteroatoms. The Kier molecular flexibility index (Phi) is 6.42. The summed E-state index contributed by atoms with van der Waals surface area (Å²) in [5, 5.41) is 6.61. The third-order valence-corrected chi connectivity index (χ3v) is 6.59. The Morgan fingerprint density at radius 2 is 1.73 bits per heavy atom. The maximum Gasteiger partial charge on any atom is 0.323 e. The lowest BCUT2D eigenvalue weighted by Crippen LogP contribution is -2.39. The van der Waals surface area contributed by atoms with Gasteiger partial charge in [0.15, 0.2) is 0 Å². The Balaban J connectivity index is 1.38. The first-order valence-corrected chi connectivity index (χ1v) is 11.3. The Labute approximate surface area is 188 Å². The molecule has 2 atom stereocenters. The maximum atomic E-state index is 12.4. The van der Waals surface area contributed by atoms with Crippen molar-refractivity contribution in [1.29, 1.82) is 0 Å². The van der Waals surface area contributed by atoms with Crippen molar-refractivity contribution in [3.8, 4) is 0 Å². The van der Waals surface area contributed by atoms with Crippen molar-refractivity contribution in [2.24, 2.45) is 0 Å². The molecule has 2 unspecified atom stereocenters. The Hall–Kier alpha value is -1.95. The van der Waals surface area contributed by atoms with Crippen LogP contribution in [0.2, 0.25) is 10.0 Å². The van der Waals surface area contributed by atoms with Gasteiger partial charge in [-0.05, 0) is 81.6 Å². The summed E-state index contributed by atoms with van der Waals surface area (Å²) in [4.78, 5) is 17.5. The fourth-order valence-electron chi connectivity index (χ4n) is 4.74. The zero-order valence-corrected chi connectivity index (χ0v) is 18.9. The zero-order chi connectivity index (χ0) is 21.3. The number of hydrogen-bond donors (Lipinski definition) is 2. The zero-order valence-electron chi connectivity index (χ0n) is 17.4. The van der Waals surface area contributed by atoms with Gasteiger partial charge in [-0.2, -0.15) is 0 Å². The first-order chi connectivity index (χ1) is 14.4. The van der Waals surface area contributed by atoms with E-state index < -0.39 is 0 Å². The topological polar surface area (TPSA) is 47.6 Å². The number of nitrogens with one attached hydrogen (secondary N) is 2. The molecule has 0 aromatic heterocycles. The molecule has 4 rings (SSSR count). The molecule has 160 valence electrons. The van der Waals surface area contributed by atoms with Crippen LogP contribution in [-0.4, -0.2) is 42.6 Å². The van der Waals surface area contributed by atoms with Crippen molar-refractivity contribution in [2.75, 3.05) is 35.2 Å². The van der Waals surface area contributed by atoms with Crippen molar-refractivity contribution in [3.63, 3.8) is 0 Å². The highest BCUT2D eigenvalue weighted by Crippen LogP contribution is 2.31. The number of halogens is 2. The minimum absolute atomic E-state index is 0.329. The molecule has 0 spiro atoms. The number of carbonyl (C=O) groups excluding carboxylic acids is 1. The molecule has 2 amide bonds. The highest BCUT2D eigenvalue weighted by atomic mass is 35.5. The van der Waals surface area contributed by atoms with Crippen LogP contribution in [0, 0.1) is 6.92 Å². The van der Waals surface area contributed by atoms with Crippen molar-refractivity contribution >= 4 is 46.3 Å². The second-order valence-electron chi connectivity index (χ2n) is 8.36. The summed E-state index contributed by atoms with van der Waals surface area (Å²) in [5.41, 5.74) is 3.72. The van der Waals surface area contributed by atoms with Crippen molar-refractivity contribution in [1.82, 2.24) is 4.90 Å². The van der Waals surface area contributed by atoms with Crippen LogP contribution in [0.15, 0.2) is 36.4 Å². The van der Waals surface area contributed by atoms with Gasteiger partial charge < -0.3 is 15.5 Å². The standard InChI is InChI=1S/C23H28Cl2N4O/c1-15-10-19(26-23(30)27-20-12-17(24)11-18(25)13-20)5-6-22(15)28-9-7-21(14-28)29-8-3-4-16(29)2/h5-6,10-13,16,21H,3-4,7-9,14H2,1-2H3,(H2,26,27,30). The molecule has 2 heterocycles. The Bertz CT molecular complexity index is 915. The van der Waals surface area contributed by atoms with Crippen LogP contribution in [0.3, 0.4) is 0 Å². The van der Waals surface area contributed by atoms with Crippen LogP contribution < -0.4 is 15.5 Å². The van der Waals surface area contributed by atoms with Gasteiger partial charge in [-0.15, -0.1) is 0 Å². The van der Waals surface area contributed by atoms with E-state index in [4.69, 9.17) is 23.2 Å². The second kappa shape index (κ2) is 9.04. The van der Waals surface area contributed by atoms with Crippen molar-refractivity contribution in [2.45, 2.75) is 45.2 Å². The number of urea groups is 1. The van der Waals surface area contributed by atoms with E-state index in [-0.39, 0.29) is 6.03 Å². The quantitative estimate of drug-likeness (QED) is 0.604. The van der Waals surface area contributed by atoms with Gasteiger partial charge in [0, 0.05) is 52.3 Å². The summed E-state index contributed by atoms with van der Waals surface area (Å²) in [6.45, 7) is 7.84. The van der Waals surface area contributed by atoms with Crippen LogP contribution in [0.4, 0.5) is 21.9 Å². The normalized spacial score (nSPS) is 21.8. The summed E-state index contributed by atoms with van der Waals surface area (Å²) in [5.74, 6) is 0. The van der Waals surface area contributed by atoms with Gasteiger partial charge in [0.1, 0.15) is 0 Å². The number of nitrogens with zero attached hydrogens (tertiary/aromatic N) is 2. The predicted octanol–water partition coefficient (Wildman–Crippen LogP) is 6.01. The molecule has 2 saturated heterocycles. The number of carbonyl (C=O) groups is 1. The molecule has 30 heavy (non-hydrogen) atoms. The number of benzene rings is 2. The van der Waals surface area contributed by atoms with E-state index in [9.17, 15) is 4.79 Å². The number of likely N-dealkylation sites (tertiary alicyclic amines) is 1. The van der Waals surface area contributed by atoms with Gasteiger partial charge in [-0.3, -0.25) is 4.90 Å². The maximum absolute atomic E-state index is 12.4. The monoisotopic (exact) mass is 446 g/mol. The third kappa shape index (κ3) is 4.85. The van der Waals surface area contributed by atoms with E-state index in [0.29, 0.717) is 27.8 Å². The van der Waals surface area contributed by atoms with Crippen LogP contribution >= 0.6 is 23.2 Å². The van der Waals surface area contributed by atoms with Crippen molar-refractivity contribution < 1.29 is 4.79 Å². The molecule has 2 aromatic rings. The first kappa shape index (κ1) is 21.3. The van der Waals surface area contributed by atoms with E-state index in [0.717, 1.165) is 24.3 Å². The highest BCUT2D eigenvalue weighted by Gasteiger charge is 2.33. The summed E-state index contributed by atoms with van der Waals surface area (Å²) >= 11 is 12.0. The van der Waals surface area contributed by atoms with E-state index in [2.05, 4.69) is 40.3 Å². The fraction of sp³-hybridized carbons (Fsp3) is 0.435. The molecular formula is C23H28Cl2N4O. The second-order valence-corrected chi connectivity index (χ2v) is 9.23. The number of rotatable bonds is 4. The number of anilines is 3. The lowest BCUT2D eigenvalue weighted by Gasteiger charge is -2.29. The molecule has 2 N–H and O–H groups in total. The van der Waals surface area contributed by atoms with Crippen LogP contribution in [-0.2, 0) is 0 Å². The lowest BCUT2D eigenvalue weighted by molar-refractivity contribution is 0.204. The van der Waals surface area contributed by atoms with Gasteiger partial charge in [0.05, 0.1) is 0 Å². The van der Waals surface area contributed by atoms with Crippen LogP contribution in [0.25, 0.3) is 0 Å². The minimum atomic E-state index is -0.329. The lowest BCUT2D eigenvalue weighted by atomic mass is 10.1. The average Bonchev–Trinajstić information content (AvgIpc) is 3.29. The van der Waals surface area contributed by atoms with Gasteiger partial charge in [-0.1, -0.05) is 23.2 Å². The molecule has 2 aliphatic heterocycles. The SMILES string of the molecule is Cc1cc(NC(=O)Nc2cc(Cl)cc(Cl)c2)ccc1N1CCC(N2CCCC2C)C1. The van der Waals surface area contributed by atoms with Crippen LogP contribution in [0.1, 0.15) is 31.7 Å². The molecule has 0 aliphatic carbocycles. The van der Waals surface area contributed by atoms with Gasteiger partial charge in [0.25, 0.3) is 0 Å². The van der Waals surface area contributed by atoms with Gasteiger partial charge >= 0.3 is 6.03 Å². The first-order valence-electron chi connectivity index (χ1n) is 10.5. The number of aryl methyl sites for hydroxylation is 1. The van der Waals surface area contributed by atoms with E-state index in [1.807, 2.05) is 12.1 Å². The van der Waals surface area contributed by atoms with E-state index in [1.165, 1.54) is 31.5 Å². The van der Waals surface area contributed by atoms with Crippen LogP contribution in [0.5, 0.6) is 0 Å². The molecule has 0 saturated carbocycles. The molecule has 5 nitrogen and oxygen atoms in total. The molecular weight excluding hydrogens is 419 g/mol. The average molecular weight is 447 g/mol. The van der Waals surface area contributed by atoms with Gasteiger partial charge in [0.2, 0.25) is 0 Å². The van der Waals surface area contributed by atoms with Crippen molar-refractivity contribution in [3.05, 3.63) is 52.0 Å². The number of hydrogen-bond acceptors (Lipinski definition) is 3. The summed E-state index contributed by atoms with van der Waals surface area (Å²) in [6.07, 6.45) is 3.86. The molecule has 0 radical (unpaired) electrons. The molecule has 0 bridgehead atoms. The smallest absolute Gasteiger partial charge is 0.323 e. The Morgan fingerprint density at radius 1 is 1.00 bits per heavy atom. The molecule has 2 aliphatic rings. The highest BCUT2D eigenvalue weighted by molar-refractivity contribution is 6.35. The third-order valence-electron chi connectivity index (χ3n) is 6.15. The predicted molar refractivity (Wildman–Crippen MR) is 126 cm³/mol. The van der Waals surface area contributed by atoms with Gasteiger partial charge in [-0.25, -0.2) is 4.79 Å². The largest absolute Gasteiger partial charge is 0.370 e. The molecule has 2 aromatic carbocycles. The fourth-order valence-corrected chi connectivity index (χ4v) is 5.26.